The van der Waals surface area contributed by atoms with Gasteiger partial charge < -0.3 is 0 Å². The highest BCUT2D eigenvalue weighted by atomic mass is 32.2. The molecule has 0 saturated carbocycles. The molecule has 92 valence electrons. The molecule has 1 atom stereocenters. The van der Waals surface area contributed by atoms with Gasteiger partial charge in [-0.05, 0) is 19.4 Å². The predicted octanol–water partition coefficient (Wildman–Crippen LogP) is 2.17. The second-order valence-corrected chi connectivity index (χ2v) is 5.41. The Morgan fingerprint density at radius 1 is 1.13 bits per heavy atom. The van der Waals surface area contributed by atoms with Crippen molar-refractivity contribution in [2.45, 2.75) is 57.7 Å². The maximum Gasteiger partial charge on any atom is 0.281 e. The van der Waals surface area contributed by atoms with Gasteiger partial charge in [0, 0.05) is 0 Å². The zero-order chi connectivity index (χ0) is 11.7. The highest BCUT2D eigenvalue weighted by molar-refractivity contribution is 7.86. The Morgan fingerprint density at radius 3 is 2.20 bits per heavy atom. The van der Waals surface area contributed by atoms with E-state index in [0.717, 1.165) is 32.1 Å². The monoisotopic (exact) mass is 237 g/mol. The van der Waals surface area contributed by atoms with Crippen LogP contribution in [0.25, 0.3) is 0 Å². The molecular formula is C10H23NO3S. The van der Waals surface area contributed by atoms with Crippen LogP contribution in [0.15, 0.2) is 0 Å². The van der Waals surface area contributed by atoms with Crippen LogP contribution < -0.4 is 5.32 Å². The van der Waals surface area contributed by atoms with Gasteiger partial charge in [-0.15, -0.1) is 0 Å². The molecule has 0 saturated heterocycles. The molecule has 0 aliphatic carbocycles. The summed E-state index contributed by atoms with van der Waals surface area (Å²) in [6.45, 7) is 4.75. The lowest BCUT2D eigenvalue weighted by molar-refractivity contribution is 0.434. The SMILES string of the molecule is CCCCCNC(CCCC)S(=O)(=O)O. The number of nitrogens with one attached hydrogen (secondary N) is 1. The molecule has 2 N–H and O–H groups in total. The van der Waals surface area contributed by atoms with Crippen LogP contribution >= 0.6 is 0 Å². The Morgan fingerprint density at radius 2 is 1.73 bits per heavy atom. The molecule has 0 bridgehead atoms. The van der Waals surface area contributed by atoms with E-state index < -0.39 is 15.5 Å². The second kappa shape index (κ2) is 8.07. The van der Waals surface area contributed by atoms with Gasteiger partial charge >= 0.3 is 0 Å². The number of hydrogen-bond acceptors (Lipinski definition) is 3. The molecule has 0 heterocycles. The Balaban J connectivity index is 3.92. The molecule has 0 spiro atoms. The Hall–Kier alpha value is -0.130. The molecule has 0 amide bonds. The van der Waals surface area contributed by atoms with Crippen LogP contribution in [0.5, 0.6) is 0 Å². The summed E-state index contributed by atoms with van der Waals surface area (Å²) < 4.78 is 31.0. The second-order valence-electron chi connectivity index (χ2n) is 3.81. The smallest absolute Gasteiger partial charge is 0.281 e. The molecule has 0 aromatic rings. The van der Waals surface area contributed by atoms with E-state index in [-0.39, 0.29) is 0 Å². The maximum absolute atomic E-state index is 11.0. The van der Waals surface area contributed by atoms with E-state index in [4.69, 9.17) is 4.55 Å². The van der Waals surface area contributed by atoms with E-state index in [0.29, 0.717) is 13.0 Å². The van der Waals surface area contributed by atoms with Crippen LogP contribution in [0.2, 0.25) is 0 Å². The van der Waals surface area contributed by atoms with Gasteiger partial charge in [0.15, 0.2) is 0 Å². The summed E-state index contributed by atoms with van der Waals surface area (Å²) in [7, 11) is -3.94. The first-order chi connectivity index (χ1) is 7.02. The van der Waals surface area contributed by atoms with Crippen molar-refractivity contribution < 1.29 is 13.0 Å². The zero-order valence-electron chi connectivity index (χ0n) is 9.70. The van der Waals surface area contributed by atoms with Gasteiger partial charge in [-0.1, -0.05) is 39.5 Å². The van der Waals surface area contributed by atoms with E-state index >= 15 is 0 Å². The van der Waals surface area contributed by atoms with Crippen LogP contribution in [0, 0.1) is 0 Å². The number of unbranched alkanes of at least 4 members (excludes halogenated alkanes) is 3. The van der Waals surface area contributed by atoms with Crippen molar-refractivity contribution in [1.82, 2.24) is 5.32 Å². The highest BCUT2D eigenvalue weighted by Gasteiger charge is 2.20. The zero-order valence-corrected chi connectivity index (χ0v) is 10.5. The molecule has 4 nitrogen and oxygen atoms in total. The minimum absolute atomic E-state index is 0.488. The van der Waals surface area contributed by atoms with Crippen molar-refractivity contribution in [1.29, 1.82) is 0 Å². The molecule has 5 heteroatoms. The van der Waals surface area contributed by atoms with Gasteiger partial charge in [0.05, 0.1) is 0 Å². The predicted molar refractivity (Wildman–Crippen MR) is 62.4 cm³/mol. The largest absolute Gasteiger partial charge is 0.299 e. The molecular weight excluding hydrogens is 214 g/mol. The van der Waals surface area contributed by atoms with Crippen LogP contribution in [-0.2, 0) is 10.1 Å². The van der Waals surface area contributed by atoms with E-state index in [9.17, 15) is 8.42 Å². The van der Waals surface area contributed by atoms with Gasteiger partial charge in [-0.3, -0.25) is 9.87 Å². The average Bonchev–Trinajstić information content (AvgIpc) is 2.15. The van der Waals surface area contributed by atoms with Crippen molar-refractivity contribution in [2.24, 2.45) is 0 Å². The number of rotatable bonds is 9. The minimum Gasteiger partial charge on any atom is -0.299 e. The van der Waals surface area contributed by atoms with Crippen molar-refractivity contribution >= 4 is 10.1 Å². The summed E-state index contributed by atoms with van der Waals surface area (Å²) in [6.07, 6.45) is 5.37. The molecule has 0 aromatic carbocycles. The Labute approximate surface area is 93.2 Å². The fraction of sp³-hybridized carbons (Fsp3) is 1.00. The van der Waals surface area contributed by atoms with E-state index in [1.165, 1.54) is 0 Å². The van der Waals surface area contributed by atoms with Crippen LogP contribution in [0.3, 0.4) is 0 Å². The van der Waals surface area contributed by atoms with Crippen LogP contribution in [0.1, 0.15) is 52.4 Å². The van der Waals surface area contributed by atoms with Crippen LogP contribution in [0.4, 0.5) is 0 Å². The first-order valence-corrected chi connectivity index (χ1v) is 7.22. The fourth-order valence-electron chi connectivity index (χ4n) is 1.38. The minimum atomic E-state index is -3.94. The lowest BCUT2D eigenvalue weighted by atomic mass is 10.2. The van der Waals surface area contributed by atoms with Gasteiger partial charge in [-0.2, -0.15) is 8.42 Å². The third kappa shape index (κ3) is 7.76. The van der Waals surface area contributed by atoms with Gasteiger partial charge in [-0.25, -0.2) is 0 Å². The Bertz CT molecular complexity index is 239. The highest BCUT2D eigenvalue weighted by Crippen LogP contribution is 2.06. The molecule has 0 aliphatic rings. The maximum atomic E-state index is 11.0. The Kier molecular flexibility index (Phi) is 8.00. The first-order valence-electron chi connectivity index (χ1n) is 5.72. The quantitative estimate of drug-likeness (QED) is 0.476. The van der Waals surface area contributed by atoms with Crippen molar-refractivity contribution in [3.63, 3.8) is 0 Å². The third-order valence-corrected chi connectivity index (χ3v) is 3.45. The summed E-state index contributed by atoms with van der Waals surface area (Å²) >= 11 is 0. The first kappa shape index (κ1) is 14.9. The lowest BCUT2D eigenvalue weighted by Gasteiger charge is -2.15. The standard InChI is InChI=1S/C10H23NO3S/c1-3-5-7-9-11-10(8-6-4-2)15(12,13)14/h10-11H,3-9H2,1-2H3,(H,12,13,14). The van der Waals surface area contributed by atoms with Crippen molar-refractivity contribution in [3.05, 3.63) is 0 Å². The molecule has 0 radical (unpaired) electrons. The molecule has 0 fully saturated rings. The summed E-state index contributed by atoms with van der Waals surface area (Å²) in [4.78, 5) is 0. The summed E-state index contributed by atoms with van der Waals surface area (Å²) in [6, 6.07) is 0. The van der Waals surface area contributed by atoms with Gasteiger partial charge in [0.2, 0.25) is 0 Å². The van der Waals surface area contributed by atoms with Gasteiger partial charge in [0.25, 0.3) is 10.1 Å². The lowest BCUT2D eigenvalue weighted by Crippen LogP contribution is -2.36. The molecule has 15 heavy (non-hydrogen) atoms. The summed E-state index contributed by atoms with van der Waals surface area (Å²) in [5.74, 6) is 0. The summed E-state index contributed by atoms with van der Waals surface area (Å²) in [5, 5.41) is 2.11. The normalized spacial score (nSPS) is 14.1. The molecule has 0 aliphatic heterocycles. The van der Waals surface area contributed by atoms with E-state index in [1.54, 1.807) is 0 Å². The topological polar surface area (TPSA) is 66.4 Å². The van der Waals surface area contributed by atoms with Crippen molar-refractivity contribution in [3.8, 4) is 0 Å². The van der Waals surface area contributed by atoms with E-state index in [2.05, 4.69) is 12.2 Å². The molecule has 1 unspecified atom stereocenters. The van der Waals surface area contributed by atoms with Crippen LogP contribution in [-0.4, -0.2) is 24.9 Å². The fourth-order valence-corrected chi connectivity index (χ4v) is 2.18. The van der Waals surface area contributed by atoms with E-state index in [1.807, 2.05) is 6.92 Å². The molecule has 0 rings (SSSR count). The number of hydrogen-bond donors (Lipinski definition) is 2. The van der Waals surface area contributed by atoms with Gasteiger partial charge in [0.1, 0.15) is 5.37 Å². The summed E-state index contributed by atoms with van der Waals surface area (Å²) in [5.41, 5.74) is 0. The average molecular weight is 237 g/mol. The third-order valence-electron chi connectivity index (χ3n) is 2.33. The van der Waals surface area contributed by atoms with Crippen molar-refractivity contribution in [2.75, 3.05) is 6.54 Å². The molecule has 0 aromatic heterocycles.